The van der Waals surface area contributed by atoms with Crippen LogP contribution in [0.1, 0.15) is 38.7 Å². The lowest BCUT2D eigenvalue weighted by Crippen LogP contribution is -2.38. The fraction of sp³-hybridized carbons (Fsp3) is 0.103. The van der Waals surface area contributed by atoms with E-state index in [2.05, 4.69) is 27.1 Å². The van der Waals surface area contributed by atoms with E-state index in [9.17, 15) is 14.0 Å². The Labute approximate surface area is 218 Å². The summed E-state index contributed by atoms with van der Waals surface area (Å²) < 4.78 is 19.8. The first-order chi connectivity index (χ1) is 18.4. The Morgan fingerprint density at radius 1 is 1.08 bits per heavy atom. The quantitative estimate of drug-likeness (QED) is 0.396. The number of aromatic nitrogens is 2. The Hall–Kier alpha value is -5.23. The summed E-state index contributed by atoms with van der Waals surface area (Å²) in [6, 6.07) is 16.5. The molecule has 4 aromatic rings. The number of rotatable bonds is 5. The third kappa shape index (κ3) is 5.01. The molecule has 0 spiro atoms. The largest absolute Gasteiger partial charge is 0.496 e. The number of nitrogens with one attached hydrogen (secondary N) is 1. The first-order valence-corrected chi connectivity index (χ1v) is 11.7. The van der Waals surface area contributed by atoms with Crippen LogP contribution in [0.15, 0.2) is 79.1 Å². The Bertz CT molecular complexity index is 1580. The van der Waals surface area contributed by atoms with E-state index in [1.807, 2.05) is 0 Å². The van der Waals surface area contributed by atoms with E-state index < -0.39 is 17.8 Å². The number of amides is 2. The molecule has 0 saturated carbocycles. The molecular formula is C29H22FN5O3. The molecule has 1 atom stereocenters. The number of ether oxygens (including phenoxy) is 1. The molecule has 0 radical (unpaired) electrons. The van der Waals surface area contributed by atoms with Gasteiger partial charge in [0.05, 0.1) is 7.11 Å². The van der Waals surface area contributed by atoms with E-state index >= 15 is 0 Å². The zero-order chi connectivity index (χ0) is 26.6. The average molecular weight is 508 g/mol. The molecule has 5 rings (SSSR count). The number of hydrogen-bond donors (Lipinski definition) is 2. The van der Waals surface area contributed by atoms with Crippen molar-refractivity contribution in [2.24, 2.45) is 0 Å². The van der Waals surface area contributed by atoms with Crippen LogP contribution >= 0.6 is 0 Å². The predicted molar refractivity (Wildman–Crippen MR) is 140 cm³/mol. The number of hydrogen-bond acceptors (Lipinski definition) is 6. The highest BCUT2D eigenvalue weighted by molar-refractivity contribution is 6.04. The maximum absolute atomic E-state index is 14.4. The van der Waals surface area contributed by atoms with Crippen LogP contribution in [-0.2, 0) is 11.3 Å². The predicted octanol–water partition coefficient (Wildman–Crippen LogP) is 3.94. The number of fused-ring (bicyclic) bond motifs is 1. The fourth-order valence-electron chi connectivity index (χ4n) is 4.23. The lowest BCUT2D eigenvalue weighted by atomic mass is 10.0. The van der Waals surface area contributed by atoms with Crippen molar-refractivity contribution < 1.29 is 18.7 Å². The summed E-state index contributed by atoms with van der Waals surface area (Å²) in [7, 11) is 1.42. The van der Waals surface area contributed by atoms with Gasteiger partial charge < -0.3 is 20.7 Å². The Balaban J connectivity index is 1.49. The monoisotopic (exact) mass is 507 g/mol. The van der Waals surface area contributed by atoms with Crippen LogP contribution in [0, 0.1) is 17.7 Å². The highest BCUT2D eigenvalue weighted by Gasteiger charge is 2.39. The van der Waals surface area contributed by atoms with Crippen LogP contribution in [0.4, 0.5) is 16.0 Å². The molecule has 3 N–H and O–H groups in total. The van der Waals surface area contributed by atoms with Crippen LogP contribution in [-0.4, -0.2) is 33.8 Å². The summed E-state index contributed by atoms with van der Waals surface area (Å²) in [4.78, 5) is 36.8. The van der Waals surface area contributed by atoms with Gasteiger partial charge in [0.15, 0.2) is 0 Å². The summed E-state index contributed by atoms with van der Waals surface area (Å²) >= 11 is 0. The van der Waals surface area contributed by atoms with E-state index in [0.717, 1.165) is 5.56 Å². The molecule has 9 heteroatoms. The molecule has 0 saturated heterocycles. The molecule has 188 valence electrons. The van der Waals surface area contributed by atoms with Crippen LogP contribution in [0.3, 0.4) is 0 Å². The van der Waals surface area contributed by atoms with Gasteiger partial charge in [0.25, 0.3) is 11.8 Å². The summed E-state index contributed by atoms with van der Waals surface area (Å²) in [6.45, 7) is 0.143. The number of benzene rings is 2. The number of halogens is 1. The minimum Gasteiger partial charge on any atom is -0.496 e. The Morgan fingerprint density at radius 2 is 1.89 bits per heavy atom. The fourth-order valence-corrected chi connectivity index (χ4v) is 4.23. The summed E-state index contributed by atoms with van der Waals surface area (Å²) in [5, 5.41) is 2.73. The van der Waals surface area contributed by atoms with Crippen molar-refractivity contribution in [2.75, 3.05) is 18.2 Å². The standard InChI is InChI=1S/C29H22FN5O3/c1-38-24-11-10-21(30)15-23(24)27(28(36)34-26-4-2-3-13-32-26)35-17-20-9-7-18(14-22(20)29(35)37)5-6-19-8-12-25(31)33-16-19/h2-4,7-16,27H,17H2,1H3,(H2,31,33)(H,32,34,36). The van der Waals surface area contributed by atoms with Crippen molar-refractivity contribution in [1.82, 2.24) is 14.9 Å². The van der Waals surface area contributed by atoms with Crippen molar-refractivity contribution in [3.63, 3.8) is 0 Å². The van der Waals surface area contributed by atoms with Gasteiger partial charge in [0.1, 0.15) is 29.2 Å². The summed E-state index contributed by atoms with van der Waals surface area (Å²) in [5.41, 5.74) is 8.27. The molecule has 1 aliphatic heterocycles. The van der Waals surface area contributed by atoms with Gasteiger partial charge in [-0.2, -0.15) is 0 Å². The summed E-state index contributed by atoms with van der Waals surface area (Å²) in [6.07, 6.45) is 3.10. The minimum atomic E-state index is -1.18. The van der Waals surface area contributed by atoms with E-state index in [1.54, 1.807) is 54.7 Å². The van der Waals surface area contributed by atoms with Gasteiger partial charge in [0.2, 0.25) is 0 Å². The molecule has 38 heavy (non-hydrogen) atoms. The van der Waals surface area contributed by atoms with E-state index in [1.165, 1.54) is 36.4 Å². The Kier molecular flexibility index (Phi) is 6.70. The van der Waals surface area contributed by atoms with E-state index in [0.29, 0.717) is 28.3 Å². The van der Waals surface area contributed by atoms with Crippen molar-refractivity contribution >= 4 is 23.5 Å². The van der Waals surface area contributed by atoms with E-state index in [4.69, 9.17) is 10.5 Å². The van der Waals surface area contributed by atoms with Crippen molar-refractivity contribution in [1.29, 1.82) is 0 Å². The van der Waals surface area contributed by atoms with Crippen LogP contribution in [0.25, 0.3) is 0 Å². The highest BCUT2D eigenvalue weighted by atomic mass is 19.1. The van der Waals surface area contributed by atoms with Gasteiger partial charge in [-0.15, -0.1) is 0 Å². The zero-order valence-corrected chi connectivity index (χ0v) is 20.3. The summed E-state index contributed by atoms with van der Waals surface area (Å²) in [5.74, 6) is 5.51. The van der Waals surface area contributed by atoms with Gasteiger partial charge in [-0.25, -0.2) is 14.4 Å². The third-order valence-corrected chi connectivity index (χ3v) is 6.04. The SMILES string of the molecule is COc1ccc(F)cc1C(C(=O)Nc1ccccn1)N1Cc2ccc(C#Cc3ccc(N)nc3)cc2C1=O. The number of nitrogens with two attached hydrogens (primary N) is 1. The second-order valence-corrected chi connectivity index (χ2v) is 8.52. The Morgan fingerprint density at radius 3 is 2.63 bits per heavy atom. The molecule has 0 aliphatic carbocycles. The second-order valence-electron chi connectivity index (χ2n) is 8.52. The van der Waals surface area contributed by atoms with Gasteiger partial charge in [-0.05, 0) is 60.2 Å². The molecule has 1 unspecified atom stereocenters. The number of carbonyl (C=O) groups is 2. The molecule has 3 heterocycles. The molecule has 0 fully saturated rings. The second kappa shape index (κ2) is 10.4. The number of anilines is 2. The van der Waals surface area contributed by atoms with Gasteiger partial charge in [0, 0.05) is 41.2 Å². The highest BCUT2D eigenvalue weighted by Crippen LogP contribution is 2.37. The molecule has 2 aromatic carbocycles. The third-order valence-electron chi connectivity index (χ3n) is 6.04. The topological polar surface area (TPSA) is 110 Å². The van der Waals surface area contributed by atoms with Crippen molar-refractivity contribution in [2.45, 2.75) is 12.6 Å². The molecule has 1 aliphatic rings. The smallest absolute Gasteiger partial charge is 0.255 e. The first-order valence-electron chi connectivity index (χ1n) is 11.7. The number of pyridine rings is 2. The number of nitrogen functional groups attached to an aromatic ring is 1. The van der Waals surface area contributed by atoms with Gasteiger partial charge in [-0.3, -0.25) is 9.59 Å². The molecular weight excluding hydrogens is 485 g/mol. The van der Waals surface area contributed by atoms with Crippen LogP contribution < -0.4 is 15.8 Å². The molecule has 8 nitrogen and oxygen atoms in total. The molecule has 0 bridgehead atoms. The van der Waals surface area contributed by atoms with Gasteiger partial charge in [-0.1, -0.05) is 24.0 Å². The van der Waals surface area contributed by atoms with Crippen LogP contribution in [0.2, 0.25) is 0 Å². The molecule has 2 aromatic heterocycles. The normalized spacial score (nSPS) is 12.8. The lowest BCUT2D eigenvalue weighted by Gasteiger charge is -2.28. The van der Waals surface area contributed by atoms with Crippen molar-refractivity contribution in [3.05, 3.63) is 113 Å². The lowest BCUT2D eigenvalue weighted by molar-refractivity contribution is -0.120. The zero-order valence-electron chi connectivity index (χ0n) is 20.3. The van der Waals surface area contributed by atoms with Crippen molar-refractivity contribution in [3.8, 4) is 17.6 Å². The number of methoxy groups -OCH3 is 1. The maximum atomic E-state index is 14.4. The van der Waals surface area contributed by atoms with Crippen LogP contribution in [0.5, 0.6) is 5.75 Å². The van der Waals surface area contributed by atoms with E-state index in [-0.39, 0.29) is 23.8 Å². The average Bonchev–Trinajstić information content (AvgIpc) is 3.24. The number of carbonyl (C=O) groups excluding carboxylic acids is 2. The molecule has 2 amide bonds. The number of nitrogens with zero attached hydrogens (tertiary/aromatic N) is 3. The minimum absolute atomic E-state index is 0.143. The first kappa shape index (κ1) is 24.5. The maximum Gasteiger partial charge on any atom is 0.255 e. The van der Waals surface area contributed by atoms with Gasteiger partial charge >= 0.3 is 0 Å².